The Morgan fingerprint density at radius 3 is 2.71 bits per heavy atom. The van der Waals surface area contributed by atoms with Gasteiger partial charge in [-0.3, -0.25) is 15.4 Å². The van der Waals surface area contributed by atoms with E-state index in [-0.39, 0.29) is 18.0 Å². The van der Waals surface area contributed by atoms with Gasteiger partial charge in [0.15, 0.2) is 5.75 Å². The highest BCUT2D eigenvalue weighted by Crippen LogP contribution is 2.30. The Balaban J connectivity index is 2.97. The van der Waals surface area contributed by atoms with E-state index in [1.165, 1.54) is 25.3 Å². The molecule has 1 aromatic rings. The van der Waals surface area contributed by atoms with Gasteiger partial charge in [0.05, 0.1) is 12.0 Å². The second-order valence-electron chi connectivity index (χ2n) is 4.51. The van der Waals surface area contributed by atoms with Gasteiger partial charge < -0.3 is 9.47 Å². The molecule has 0 aliphatic heterocycles. The highest BCUT2D eigenvalue weighted by atomic mass is 35.5. The first-order chi connectivity index (χ1) is 9.84. The monoisotopic (exact) mass is 316 g/mol. The number of carbonyl (C=O) groups excluding carboxylic acids is 1. The number of nitro groups is 1. The fourth-order valence-electron chi connectivity index (χ4n) is 1.77. The number of methoxy groups -OCH3 is 1. The van der Waals surface area contributed by atoms with Crippen molar-refractivity contribution in [2.24, 2.45) is 0 Å². The van der Waals surface area contributed by atoms with Crippen LogP contribution in [0.2, 0.25) is 5.02 Å². The molecule has 1 N–H and O–H groups in total. The Morgan fingerprint density at radius 2 is 2.19 bits per heavy atom. The molecule has 116 valence electrons. The van der Waals surface area contributed by atoms with E-state index in [1.54, 1.807) is 6.92 Å². The van der Waals surface area contributed by atoms with Gasteiger partial charge in [0.1, 0.15) is 12.1 Å². The summed E-state index contributed by atoms with van der Waals surface area (Å²) in [4.78, 5) is 22.2. The minimum absolute atomic E-state index is 0.000492. The highest BCUT2D eigenvalue weighted by Gasteiger charge is 2.35. The number of rotatable bonds is 7. The standard InChI is InChI=1S/C13H17ClN2O5/c1-4-15-13(2,12(17)20-3)8-21-11-7-9(14)5-6-10(11)16(18)19/h5-7,15H,4,8H2,1-3H3. The lowest BCUT2D eigenvalue weighted by Gasteiger charge is -2.27. The van der Waals surface area contributed by atoms with E-state index in [4.69, 9.17) is 21.1 Å². The van der Waals surface area contributed by atoms with E-state index < -0.39 is 16.4 Å². The number of nitro benzene ring substituents is 1. The van der Waals surface area contributed by atoms with E-state index in [2.05, 4.69) is 5.32 Å². The molecule has 21 heavy (non-hydrogen) atoms. The summed E-state index contributed by atoms with van der Waals surface area (Å²) < 4.78 is 10.1. The molecule has 7 nitrogen and oxygen atoms in total. The summed E-state index contributed by atoms with van der Waals surface area (Å²) in [6, 6.07) is 3.99. The number of likely N-dealkylation sites (N-methyl/N-ethyl adjacent to an activating group) is 1. The predicted molar refractivity (Wildman–Crippen MR) is 77.7 cm³/mol. The van der Waals surface area contributed by atoms with Gasteiger partial charge in [0.25, 0.3) is 0 Å². The van der Waals surface area contributed by atoms with Crippen LogP contribution in [-0.4, -0.2) is 36.7 Å². The van der Waals surface area contributed by atoms with Crippen LogP contribution in [0.15, 0.2) is 18.2 Å². The number of ether oxygens (including phenoxy) is 2. The normalized spacial score (nSPS) is 13.3. The van der Waals surface area contributed by atoms with Gasteiger partial charge in [0, 0.05) is 17.2 Å². The van der Waals surface area contributed by atoms with Crippen molar-refractivity contribution in [2.75, 3.05) is 20.3 Å². The molecule has 0 bridgehead atoms. The molecular weight excluding hydrogens is 300 g/mol. The summed E-state index contributed by atoms with van der Waals surface area (Å²) in [6.07, 6.45) is 0. The molecule has 0 aliphatic rings. The molecule has 1 rings (SSSR count). The van der Waals surface area contributed by atoms with Crippen molar-refractivity contribution < 1.29 is 19.2 Å². The van der Waals surface area contributed by atoms with E-state index in [0.717, 1.165) is 0 Å². The molecule has 1 unspecified atom stereocenters. The van der Waals surface area contributed by atoms with Crippen LogP contribution in [0.4, 0.5) is 5.69 Å². The van der Waals surface area contributed by atoms with Gasteiger partial charge in [-0.05, 0) is 19.5 Å². The Hall–Kier alpha value is -1.86. The third-order valence-electron chi connectivity index (χ3n) is 2.84. The molecule has 0 heterocycles. The number of hydrogen-bond acceptors (Lipinski definition) is 6. The molecule has 1 atom stereocenters. The van der Waals surface area contributed by atoms with E-state index in [9.17, 15) is 14.9 Å². The third-order valence-corrected chi connectivity index (χ3v) is 3.07. The largest absolute Gasteiger partial charge is 0.484 e. The summed E-state index contributed by atoms with van der Waals surface area (Å²) in [5.74, 6) is -0.519. The summed E-state index contributed by atoms with van der Waals surface area (Å²) >= 11 is 5.81. The van der Waals surface area contributed by atoms with Crippen LogP contribution in [0.3, 0.4) is 0 Å². The van der Waals surface area contributed by atoms with Crippen LogP contribution in [0.5, 0.6) is 5.75 Å². The fourth-order valence-corrected chi connectivity index (χ4v) is 1.94. The van der Waals surface area contributed by atoms with Gasteiger partial charge in [-0.2, -0.15) is 0 Å². The lowest BCUT2D eigenvalue weighted by atomic mass is 10.0. The summed E-state index contributed by atoms with van der Waals surface area (Å²) in [5, 5.41) is 14.2. The number of nitrogens with zero attached hydrogens (tertiary/aromatic N) is 1. The molecule has 1 aromatic carbocycles. The molecular formula is C13H17ClN2O5. The first-order valence-electron chi connectivity index (χ1n) is 6.24. The van der Waals surface area contributed by atoms with Crippen LogP contribution in [0.1, 0.15) is 13.8 Å². The van der Waals surface area contributed by atoms with E-state index >= 15 is 0 Å². The average Bonchev–Trinajstić information content (AvgIpc) is 2.44. The SMILES string of the molecule is CCNC(C)(COc1cc(Cl)ccc1[N+](=O)[O-])C(=O)OC. The third kappa shape index (κ3) is 4.30. The first kappa shape index (κ1) is 17.2. The zero-order chi connectivity index (χ0) is 16.0. The maximum absolute atomic E-state index is 11.8. The minimum Gasteiger partial charge on any atom is -0.484 e. The van der Waals surface area contributed by atoms with Crippen LogP contribution in [0, 0.1) is 10.1 Å². The van der Waals surface area contributed by atoms with E-state index in [0.29, 0.717) is 11.6 Å². The molecule has 0 aliphatic carbocycles. The van der Waals surface area contributed by atoms with Crippen molar-refractivity contribution >= 4 is 23.3 Å². The van der Waals surface area contributed by atoms with Crippen LogP contribution in [0.25, 0.3) is 0 Å². The molecule has 0 saturated heterocycles. The molecule has 0 amide bonds. The van der Waals surface area contributed by atoms with Crippen molar-refractivity contribution in [3.05, 3.63) is 33.3 Å². The second kappa shape index (κ2) is 7.24. The summed E-state index contributed by atoms with van der Waals surface area (Å²) in [5.41, 5.74) is -1.33. The first-order valence-corrected chi connectivity index (χ1v) is 6.62. The molecule has 0 aromatic heterocycles. The van der Waals surface area contributed by atoms with Crippen LogP contribution >= 0.6 is 11.6 Å². The molecule has 0 radical (unpaired) electrons. The summed E-state index contributed by atoms with van der Waals surface area (Å²) in [7, 11) is 1.26. The number of halogens is 1. The fraction of sp³-hybridized carbons (Fsp3) is 0.462. The number of hydrogen-bond donors (Lipinski definition) is 1. The number of esters is 1. The smallest absolute Gasteiger partial charge is 0.329 e. The molecule has 8 heteroatoms. The Labute approximate surface area is 127 Å². The number of nitrogens with one attached hydrogen (secondary N) is 1. The van der Waals surface area contributed by atoms with E-state index in [1.807, 2.05) is 6.92 Å². The van der Waals surface area contributed by atoms with Crippen molar-refractivity contribution in [1.82, 2.24) is 5.32 Å². The maximum atomic E-state index is 11.8. The lowest BCUT2D eigenvalue weighted by molar-refractivity contribution is -0.385. The molecule has 0 spiro atoms. The lowest BCUT2D eigenvalue weighted by Crippen LogP contribution is -2.54. The van der Waals surface area contributed by atoms with Crippen molar-refractivity contribution in [3.8, 4) is 5.75 Å². The van der Waals surface area contributed by atoms with Gasteiger partial charge in [-0.1, -0.05) is 18.5 Å². The van der Waals surface area contributed by atoms with Gasteiger partial charge in [0.2, 0.25) is 0 Å². The van der Waals surface area contributed by atoms with Gasteiger partial charge in [-0.25, -0.2) is 4.79 Å². The average molecular weight is 317 g/mol. The van der Waals surface area contributed by atoms with Gasteiger partial charge in [-0.15, -0.1) is 0 Å². The second-order valence-corrected chi connectivity index (χ2v) is 4.95. The number of benzene rings is 1. The van der Waals surface area contributed by atoms with Crippen LogP contribution in [-0.2, 0) is 9.53 Å². The Morgan fingerprint density at radius 1 is 1.52 bits per heavy atom. The zero-order valence-corrected chi connectivity index (χ0v) is 12.8. The predicted octanol–water partition coefficient (Wildman–Crippen LogP) is 2.17. The Bertz CT molecular complexity index is 537. The molecule has 0 fully saturated rings. The number of carbonyl (C=O) groups is 1. The van der Waals surface area contributed by atoms with Crippen molar-refractivity contribution in [2.45, 2.75) is 19.4 Å². The minimum atomic E-state index is -1.11. The van der Waals surface area contributed by atoms with Gasteiger partial charge >= 0.3 is 11.7 Å². The van der Waals surface area contributed by atoms with Crippen LogP contribution < -0.4 is 10.1 Å². The summed E-state index contributed by atoms with van der Waals surface area (Å²) in [6.45, 7) is 3.79. The van der Waals surface area contributed by atoms with Crippen molar-refractivity contribution in [1.29, 1.82) is 0 Å². The molecule has 0 saturated carbocycles. The topological polar surface area (TPSA) is 90.7 Å². The Kier molecular flexibility index (Phi) is 5.92. The maximum Gasteiger partial charge on any atom is 0.329 e. The highest BCUT2D eigenvalue weighted by molar-refractivity contribution is 6.30. The quantitative estimate of drug-likeness (QED) is 0.471. The zero-order valence-electron chi connectivity index (χ0n) is 12.0. The van der Waals surface area contributed by atoms with Crippen molar-refractivity contribution in [3.63, 3.8) is 0 Å².